The first kappa shape index (κ1) is 8.32. The molecule has 3 N–H and O–H groups in total. The van der Waals surface area contributed by atoms with Crippen molar-refractivity contribution >= 4 is 11.6 Å². The van der Waals surface area contributed by atoms with Crippen molar-refractivity contribution in [3.05, 3.63) is 29.7 Å². The van der Waals surface area contributed by atoms with Gasteiger partial charge >= 0.3 is 0 Å². The van der Waals surface area contributed by atoms with E-state index in [9.17, 15) is 10.0 Å². The van der Waals surface area contributed by atoms with Crippen molar-refractivity contribution in [2.45, 2.75) is 0 Å². The quantitative estimate of drug-likeness (QED) is 0.457. The molecular weight excluding hydrogens is 158 g/mol. The fourth-order valence-corrected chi connectivity index (χ4v) is 0.720. The van der Waals surface area contributed by atoms with Crippen molar-refractivity contribution in [1.29, 1.82) is 0 Å². The molecule has 1 amide bonds. The number of nitrogens with one attached hydrogen (secondary N) is 1. The molecule has 0 radical (unpaired) electrons. The van der Waals surface area contributed by atoms with Gasteiger partial charge in [0, 0.05) is 17.8 Å². The maximum absolute atomic E-state index is 10.6. The smallest absolute Gasteiger partial charge is 0.236 e. The Balaban J connectivity index is 2.53. The number of amides is 1. The Morgan fingerprint density at radius 3 is 2.67 bits per heavy atom. The van der Waals surface area contributed by atoms with Crippen molar-refractivity contribution in [2.75, 3.05) is 11.9 Å². The van der Waals surface area contributed by atoms with E-state index in [1.165, 1.54) is 12.4 Å². The molecule has 0 atom stereocenters. The van der Waals surface area contributed by atoms with Crippen molar-refractivity contribution in [3.8, 4) is 0 Å². The number of aromatic nitrogens is 1. The summed E-state index contributed by atoms with van der Waals surface area (Å²) in [6, 6.07) is 3.13. The van der Waals surface area contributed by atoms with Gasteiger partial charge in [0.15, 0.2) is 12.4 Å². The highest BCUT2D eigenvalue weighted by Crippen LogP contribution is 2.00. The number of nitrogens with two attached hydrogens (primary N) is 1. The lowest BCUT2D eigenvalue weighted by Gasteiger charge is -2.01. The van der Waals surface area contributed by atoms with Crippen molar-refractivity contribution in [2.24, 2.45) is 5.73 Å². The molecule has 1 heterocycles. The summed E-state index contributed by atoms with van der Waals surface area (Å²) >= 11 is 0. The van der Waals surface area contributed by atoms with Crippen LogP contribution in [0.15, 0.2) is 24.5 Å². The zero-order valence-corrected chi connectivity index (χ0v) is 6.36. The van der Waals surface area contributed by atoms with Crippen LogP contribution >= 0.6 is 0 Å². The Kier molecular flexibility index (Phi) is 2.47. The number of carbonyl (C=O) groups is 1. The van der Waals surface area contributed by atoms with Crippen LogP contribution in [0, 0.1) is 5.21 Å². The van der Waals surface area contributed by atoms with E-state index in [1.54, 1.807) is 12.1 Å². The number of pyridine rings is 1. The number of carbonyl (C=O) groups excluding carboxylic acids is 1. The molecular formula is C7H9N3O2. The maximum Gasteiger partial charge on any atom is 0.236 e. The van der Waals surface area contributed by atoms with Crippen LogP contribution in [-0.2, 0) is 4.79 Å². The maximum atomic E-state index is 10.6. The lowest BCUT2D eigenvalue weighted by molar-refractivity contribution is -0.605. The lowest BCUT2D eigenvalue weighted by atomic mass is 10.4. The SMILES string of the molecule is NC(=O)CNc1cc[n+]([O-])cc1. The number of rotatable bonds is 3. The van der Waals surface area contributed by atoms with Crippen LogP contribution in [0.1, 0.15) is 0 Å². The zero-order valence-electron chi connectivity index (χ0n) is 6.36. The predicted octanol–water partition coefficient (Wildman–Crippen LogP) is -0.783. The van der Waals surface area contributed by atoms with E-state index in [0.717, 1.165) is 0 Å². The van der Waals surface area contributed by atoms with E-state index in [2.05, 4.69) is 5.32 Å². The number of hydrogen-bond acceptors (Lipinski definition) is 3. The first-order valence-electron chi connectivity index (χ1n) is 3.39. The van der Waals surface area contributed by atoms with Crippen LogP contribution in [0.2, 0.25) is 0 Å². The molecule has 0 saturated carbocycles. The molecule has 0 aliphatic carbocycles. The molecule has 1 aromatic rings. The molecule has 5 heteroatoms. The standard InChI is InChI=1S/C7H9N3O2/c8-7(11)5-9-6-1-3-10(12)4-2-6/h1-4,9H,5H2,(H2,8,11). The van der Waals surface area contributed by atoms with Gasteiger partial charge in [-0.15, -0.1) is 0 Å². The molecule has 12 heavy (non-hydrogen) atoms. The van der Waals surface area contributed by atoms with Gasteiger partial charge in [-0.3, -0.25) is 4.79 Å². The van der Waals surface area contributed by atoms with E-state index < -0.39 is 5.91 Å². The minimum absolute atomic E-state index is 0.0723. The fourth-order valence-electron chi connectivity index (χ4n) is 0.720. The average molecular weight is 167 g/mol. The fraction of sp³-hybridized carbons (Fsp3) is 0.143. The van der Waals surface area contributed by atoms with Crippen LogP contribution in [0.3, 0.4) is 0 Å². The minimum Gasteiger partial charge on any atom is -0.619 e. The zero-order chi connectivity index (χ0) is 8.97. The van der Waals surface area contributed by atoms with Gasteiger partial charge in [-0.05, 0) is 0 Å². The van der Waals surface area contributed by atoms with E-state index >= 15 is 0 Å². The molecule has 0 unspecified atom stereocenters. The lowest BCUT2D eigenvalue weighted by Crippen LogP contribution is -2.25. The first-order chi connectivity index (χ1) is 5.68. The largest absolute Gasteiger partial charge is 0.619 e. The van der Waals surface area contributed by atoms with Crippen molar-refractivity contribution in [3.63, 3.8) is 0 Å². The molecule has 0 aliphatic rings. The van der Waals surface area contributed by atoms with E-state index in [-0.39, 0.29) is 6.54 Å². The summed E-state index contributed by atoms with van der Waals surface area (Å²) in [5.41, 5.74) is 5.60. The monoisotopic (exact) mass is 167 g/mol. The Morgan fingerprint density at radius 1 is 1.58 bits per heavy atom. The Bertz CT molecular complexity index is 270. The van der Waals surface area contributed by atoms with Crippen LogP contribution in [0.5, 0.6) is 0 Å². The molecule has 0 bridgehead atoms. The average Bonchev–Trinajstić information content (AvgIpc) is 2.03. The van der Waals surface area contributed by atoms with Gasteiger partial charge in [0.1, 0.15) is 0 Å². The summed E-state index contributed by atoms with van der Waals surface area (Å²) in [5, 5.41) is 13.3. The molecule has 1 aromatic heterocycles. The summed E-state index contributed by atoms with van der Waals surface area (Å²) < 4.78 is 0.662. The highest BCUT2D eigenvalue weighted by molar-refractivity contribution is 5.78. The molecule has 0 aliphatic heterocycles. The second-order valence-corrected chi connectivity index (χ2v) is 2.27. The number of nitrogens with zero attached hydrogens (tertiary/aromatic N) is 1. The topological polar surface area (TPSA) is 82.1 Å². The third-order valence-corrected chi connectivity index (χ3v) is 1.27. The summed E-state index contributed by atoms with van der Waals surface area (Å²) in [6.45, 7) is 0.0723. The van der Waals surface area contributed by atoms with Crippen LogP contribution < -0.4 is 15.8 Å². The van der Waals surface area contributed by atoms with Gasteiger partial charge in [-0.1, -0.05) is 0 Å². The number of hydrogen-bond donors (Lipinski definition) is 2. The summed E-state index contributed by atoms with van der Waals surface area (Å²) in [6.07, 6.45) is 2.67. The third kappa shape index (κ3) is 2.45. The van der Waals surface area contributed by atoms with Gasteiger partial charge in [-0.25, -0.2) is 0 Å². The van der Waals surface area contributed by atoms with E-state index in [4.69, 9.17) is 5.73 Å². The van der Waals surface area contributed by atoms with Crippen molar-refractivity contribution < 1.29 is 9.52 Å². The third-order valence-electron chi connectivity index (χ3n) is 1.27. The van der Waals surface area contributed by atoms with Gasteiger partial charge in [-0.2, -0.15) is 4.73 Å². The van der Waals surface area contributed by atoms with Gasteiger partial charge in [0.05, 0.1) is 6.54 Å². The second kappa shape index (κ2) is 3.56. The Morgan fingerprint density at radius 2 is 2.17 bits per heavy atom. The van der Waals surface area contributed by atoms with Gasteiger partial charge in [0.25, 0.3) is 0 Å². The molecule has 0 spiro atoms. The predicted molar refractivity (Wildman–Crippen MR) is 43.1 cm³/mol. The summed E-state index contributed by atoms with van der Waals surface area (Å²) in [7, 11) is 0. The van der Waals surface area contributed by atoms with E-state index in [0.29, 0.717) is 10.4 Å². The Hall–Kier alpha value is -1.78. The highest BCUT2D eigenvalue weighted by Gasteiger charge is 1.95. The first-order valence-corrected chi connectivity index (χ1v) is 3.39. The van der Waals surface area contributed by atoms with E-state index in [1.807, 2.05) is 0 Å². The molecule has 0 fully saturated rings. The summed E-state index contributed by atoms with van der Waals surface area (Å²) in [4.78, 5) is 10.3. The van der Waals surface area contributed by atoms with Gasteiger partial charge < -0.3 is 16.3 Å². The highest BCUT2D eigenvalue weighted by atomic mass is 16.5. The van der Waals surface area contributed by atoms with Crippen LogP contribution in [0.4, 0.5) is 5.69 Å². The minimum atomic E-state index is -0.436. The molecule has 1 rings (SSSR count). The van der Waals surface area contributed by atoms with Gasteiger partial charge in [0.2, 0.25) is 5.91 Å². The normalized spacial score (nSPS) is 9.33. The molecule has 64 valence electrons. The molecule has 0 saturated heterocycles. The van der Waals surface area contributed by atoms with Crippen molar-refractivity contribution in [1.82, 2.24) is 0 Å². The molecule has 5 nitrogen and oxygen atoms in total. The Labute approximate surface area is 69.4 Å². The molecule has 0 aromatic carbocycles. The van der Waals surface area contributed by atoms with Crippen LogP contribution in [-0.4, -0.2) is 12.5 Å². The number of anilines is 1. The second-order valence-electron chi connectivity index (χ2n) is 2.27. The summed E-state index contributed by atoms with van der Waals surface area (Å²) in [5.74, 6) is -0.436. The number of primary amides is 1. The van der Waals surface area contributed by atoms with Crippen LogP contribution in [0.25, 0.3) is 0 Å².